The molecule has 2 atom stereocenters. The number of hydrogen-bond acceptors (Lipinski definition) is 2. The van der Waals surface area contributed by atoms with Gasteiger partial charge < -0.3 is 10.6 Å². The van der Waals surface area contributed by atoms with Crippen molar-refractivity contribution in [3.05, 3.63) is 34.3 Å². The number of rotatable bonds is 4. The van der Waals surface area contributed by atoms with Crippen molar-refractivity contribution in [3.8, 4) is 0 Å². The second-order valence-electron chi connectivity index (χ2n) is 4.87. The standard InChI is InChI=1S/C14H19ClN2O.ClH/c1-9(8-16-2)14(18)17-13-7-6-10-11(13)4-3-5-12(10)15;/h3-5,9,13,16H,6-8H2,1-2H3,(H,17,18);1H. The van der Waals surface area contributed by atoms with E-state index in [0.717, 1.165) is 17.9 Å². The predicted octanol–water partition coefficient (Wildman–Crippen LogP) is 2.72. The van der Waals surface area contributed by atoms with Crippen molar-refractivity contribution in [1.82, 2.24) is 10.6 Å². The van der Waals surface area contributed by atoms with Crippen molar-refractivity contribution in [1.29, 1.82) is 0 Å². The number of hydrogen-bond donors (Lipinski definition) is 2. The number of nitrogens with one attached hydrogen (secondary N) is 2. The number of carbonyl (C=O) groups is 1. The van der Waals surface area contributed by atoms with Crippen LogP contribution in [0.25, 0.3) is 0 Å². The Morgan fingerprint density at radius 3 is 2.95 bits per heavy atom. The molecule has 0 saturated carbocycles. The largest absolute Gasteiger partial charge is 0.349 e. The maximum absolute atomic E-state index is 12.0. The maximum Gasteiger partial charge on any atom is 0.224 e. The fraction of sp³-hybridized carbons (Fsp3) is 0.500. The highest BCUT2D eigenvalue weighted by molar-refractivity contribution is 6.31. The summed E-state index contributed by atoms with van der Waals surface area (Å²) in [6, 6.07) is 6.03. The molecule has 19 heavy (non-hydrogen) atoms. The summed E-state index contributed by atoms with van der Waals surface area (Å²) in [5, 5.41) is 6.94. The van der Waals surface area contributed by atoms with Gasteiger partial charge in [-0.1, -0.05) is 30.7 Å². The Morgan fingerprint density at radius 1 is 1.53 bits per heavy atom. The van der Waals surface area contributed by atoms with Crippen LogP contribution in [0.5, 0.6) is 0 Å². The van der Waals surface area contributed by atoms with E-state index in [1.54, 1.807) is 0 Å². The molecule has 0 aromatic heterocycles. The van der Waals surface area contributed by atoms with Gasteiger partial charge in [0, 0.05) is 17.5 Å². The van der Waals surface area contributed by atoms with E-state index < -0.39 is 0 Å². The molecule has 0 heterocycles. The van der Waals surface area contributed by atoms with Gasteiger partial charge >= 0.3 is 0 Å². The van der Waals surface area contributed by atoms with Gasteiger partial charge in [0.1, 0.15) is 0 Å². The molecule has 0 aliphatic heterocycles. The highest BCUT2D eigenvalue weighted by atomic mass is 35.5. The average molecular weight is 303 g/mol. The van der Waals surface area contributed by atoms with Crippen LogP contribution in [0.15, 0.2) is 18.2 Å². The molecule has 1 aromatic rings. The molecule has 0 spiro atoms. The SMILES string of the molecule is CNCC(C)C(=O)NC1CCc2c(Cl)cccc21.Cl. The average Bonchev–Trinajstić information content (AvgIpc) is 2.74. The van der Waals surface area contributed by atoms with Crippen molar-refractivity contribution in [3.63, 3.8) is 0 Å². The van der Waals surface area contributed by atoms with E-state index in [-0.39, 0.29) is 30.3 Å². The third-order valence-electron chi connectivity index (χ3n) is 3.49. The molecule has 1 amide bonds. The van der Waals surface area contributed by atoms with Crippen LogP contribution in [0.2, 0.25) is 5.02 Å². The van der Waals surface area contributed by atoms with E-state index in [9.17, 15) is 4.79 Å². The van der Waals surface area contributed by atoms with E-state index in [1.807, 2.05) is 26.1 Å². The van der Waals surface area contributed by atoms with Gasteiger partial charge in [0.2, 0.25) is 5.91 Å². The van der Waals surface area contributed by atoms with Crippen molar-refractivity contribution in [2.75, 3.05) is 13.6 Å². The summed E-state index contributed by atoms with van der Waals surface area (Å²) in [5.41, 5.74) is 2.36. The topological polar surface area (TPSA) is 41.1 Å². The first-order valence-corrected chi connectivity index (χ1v) is 6.73. The summed E-state index contributed by atoms with van der Waals surface area (Å²) in [5.74, 6) is 0.0837. The lowest BCUT2D eigenvalue weighted by molar-refractivity contribution is -0.125. The molecule has 3 nitrogen and oxygen atoms in total. The number of amides is 1. The fourth-order valence-corrected chi connectivity index (χ4v) is 2.75. The minimum atomic E-state index is -0.0155. The van der Waals surface area contributed by atoms with Crippen molar-refractivity contribution < 1.29 is 4.79 Å². The first-order valence-electron chi connectivity index (χ1n) is 6.35. The van der Waals surface area contributed by atoms with Gasteiger partial charge in [-0.05, 0) is 37.1 Å². The Morgan fingerprint density at radius 2 is 2.26 bits per heavy atom. The van der Waals surface area contributed by atoms with Gasteiger partial charge in [-0.25, -0.2) is 0 Å². The van der Waals surface area contributed by atoms with Crippen LogP contribution >= 0.6 is 24.0 Å². The highest BCUT2D eigenvalue weighted by Gasteiger charge is 2.26. The molecule has 2 unspecified atom stereocenters. The first kappa shape index (κ1) is 16.3. The van der Waals surface area contributed by atoms with E-state index in [1.165, 1.54) is 11.1 Å². The monoisotopic (exact) mass is 302 g/mol. The zero-order valence-corrected chi connectivity index (χ0v) is 12.8. The molecule has 0 fully saturated rings. The Kier molecular flexibility index (Phi) is 6.11. The number of carbonyl (C=O) groups excluding carboxylic acids is 1. The third kappa shape index (κ3) is 3.62. The molecule has 2 N–H and O–H groups in total. The van der Waals surface area contributed by atoms with Crippen LogP contribution in [-0.2, 0) is 11.2 Å². The molecule has 1 aliphatic rings. The summed E-state index contributed by atoms with van der Waals surface area (Å²) in [4.78, 5) is 12.0. The third-order valence-corrected chi connectivity index (χ3v) is 3.84. The zero-order chi connectivity index (χ0) is 13.1. The van der Waals surface area contributed by atoms with Crippen LogP contribution in [-0.4, -0.2) is 19.5 Å². The maximum atomic E-state index is 12.0. The second-order valence-corrected chi connectivity index (χ2v) is 5.27. The number of halogens is 2. The minimum absolute atomic E-state index is 0. The fourth-order valence-electron chi connectivity index (χ4n) is 2.47. The highest BCUT2D eigenvalue weighted by Crippen LogP contribution is 2.35. The smallest absolute Gasteiger partial charge is 0.224 e. The Balaban J connectivity index is 0.00000180. The van der Waals surface area contributed by atoms with E-state index in [0.29, 0.717) is 6.54 Å². The van der Waals surface area contributed by atoms with Crippen LogP contribution < -0.4 is 10.6 Å². The summed E-state index contributed by atoms with van der Waals surface area (Å²) in [6.07, 6.45) is 1.89. The molecular formula is C14H20Cl2N2O. The molecule has 1 aliphatic carbocycles. The second kappa shape index (κ2) is 7.13. The van der Waals surface area contributed by atoms with Gasteiger partial charge in [0.15, 0.2) is 0 Å². The Labute approximate surface area is 125 Å². The van der Waals surface area contributed by atoms with Crippen molar-refractivity contribution in [2.45, 2.75) is 25.8 Å². The Bertz CT molecular complexity index is 451. The molecule has 2 rings (SSSR count). The molecule has 0 radical (unpaired) electrons. The van der Waals surface area contributed by atoms with E-state index in [4.69, 9.17) is 11.6 Å². The van der Waals surface area contributed by atoms with E-state index in [2.05, 4.69) is 16.7 Å². The molecule has 5 heteroatoms. The minimum Gasteiger partial charge on any atom is -0.349 e. The van der Waals surface area contributed by atoms with Crippen LogP contribution in [0.4, 0.5) is 0 Å². The molecule has 0 saturated heterocycles. The lowest BCUT2D eigenvalue weighted by atomic mass is 10.1. The lowest BCUT2D eigenvalue weighted by Gasteiger charge is -2.17. The molecule has 0 bridgehead atoms. The quantitative estimate of drug-likeness (QED) is 0.898. The van der Waals surface area contributed by atoms with Crippen LogP contribution in [0.1, 0.15) is 30.5 Å². The van der Waals surface area contributed by atoms with Crippen LogP contribution in [0.3, 0.4) is 0 Å². The summed E-state index contributed by atoms with van der Waals surface area (Å²) in [7, 11) is 1.86. The lowest BCUT2D eigenvalue weighted by Crippen LogP contribution is -2.36. The first-order chi connectivity index (χ1) is 8.63. The van der Waals surface area contributed by atoms with Crippen molar-refractivity contribution >= 4 is 29.9 Å². The zero-order valence-electron chi connectivity index (χ0n) is 11.2. The van der Waals surface area contributed by atoms with Crippen molar-refractivity contribution in [2.24, 2.45) is 5.92 Å². The van der Waals surface area contributed by atoms with Gasteiger partial charge in [0.05, 0.1) is 6.04 Å². The summed E-state index contributed by atoms with van der Waals surface area (Å²) in [6.45, 7) is 2.63. The molecule has 1 aromatic carbocycles. The van der Waals surface area contributed by atoms with Gasteiger partial charge in [-0.15, -0.1) is 12.4 Å². The van der Waals surface area contributed by atoms with Gasteiger partial charge in [-0.2, -0.15) is 0 Å². The summed E-state index contributed by atoms with van der Waals surface area (Å²) >= 11 is 6.16. The van der Waals surface area contributed by atoms with Crippen LogP contribution in [0, 0.1) is 5.92 Å². The molecule has 106 valence electrons. The Hall–Kier alpha value is -0.770. The van der Waals surface area contributed by atoms with E-state index >= 15 is 0 Å². The van der Waals surface area contributed by atoms with Gasteiger partial charge in [-0.3, -0.25) is 4.79 Å². The predicted molar refractivity (Wildman–Crippen MR) is 81.0 cm³/mol. The van der Waals surface area contributed by atoms with Gasteiger partial charge in [0.25, 0.3) is 0 Å². The summed E-state index contributed by atoms with van der Waals surface area (Å²) < 4.78 is 0. The molecular weight excluding hydrogens is 283 g/mol. The number of fused-ring (bicyclic) bond motifs is 1. The normalized spacial score (nSPS) is 18.4. The number of benzene rings is 1.